The third-order valence-electron chi connectivity index (χ3n) is 2.93. The van der Waals surface area contributed by atoms with Crippen molar-refractivity contribution in [2.45, 2.75) is 19.1 Å². The lowest BCUT2D eigenvalue weighted by molar-refractivity contribution is -0.136. The number of alkyl halides is 3. The van der Waals surface area contributed by atoms with Crippen LogP contribution in [0.1, 0.15) is 24.4 Å². The Morgan fingerprint density at radius 3 is 2.74 bits per heavy atom. The topological polar surface area (TPSA) is 43.3 Å². The molecule has 0 aliphatic carbocycles. The summed E-state index contributed by atoms with van der Waals surface area (Å²) in [6.45, 7) is 1.75. The molecule has 2 heterocycles. The predicted octanol–water partition coefficient (Wildman–Crippen LogP) is 3.59. The van der Waals surface area contributed by atoms with Crippen LogP contribution in [0.4, 0.5) is 13.2 Å². The summed E-state index contributed by atoms with van der Waals surface area (Å²) in [6.07, 6.45) is -2.79. The van der Waals surface area contributed by atoms with Gasteiger partial charge in [-0.2, -0.15) is 13.2 Å². The summed E-state index contributed by atoms with van der Waals surface area (Å²) in [5.74, 6) is 0.573. The minimum Gasteiger partial charge on any atom is -0.322 e. The van der Waals surface area contributed by atoms with Crippen molar-refractivity contribution in [3.05, 3.63) is 35.8 Å². The number of nitrogens with two attached hydrogens (primary N) is 1. The SMILES string of the molecule is C[C@H](N)c1ncc2c3cccc(C(F)(F)F)c3sn12. The van der Waals surface area contributed by atoms with Crippen LogP contribution in [0.5, 0.6) is 0 Å². The Morgan fingerprint density at radius 1 is 1.37 bits per heavy atom. The molecule has 0 aliphatic heterocycles. The van der Waals surface area contributed by atoms with Crippen LogP contribution in [-0.2, 0) is 6.18 Å². The largest absolute Gasteiger partial charge is 0.417 e. The highest BCUT2D eigenvalue weighted by atomic mass is 32.1. The fourth-order valence-electron chi connectivity index (χ4n) is 2.08. The number of imidazole rings is 1. The standard InChI is InChI=1S/C12H10F3N3S/c1-6(16)11-17-5-9-7-3-2-4-8(12(13,14)15)10(7)19-18(9)11/h2-6H,16H2,1H3/t6-/m0/s1. The van der Waals surface area contributed by atoms with Gasteiger partial charge in [0.05, 0.1) is 28.0 Å². The van der Waals surface area contributed by atoms with E-state index in [0.717, 1.165) is 17.6 Å². The number of hydrogen-bond donors (Lipinski definition) is 1. The first-order chi connectivity index (χ1) is 8.89. The highest BCUT2D eigenvalue weighted by Gasteiger charge is 2.33. The Bertz CT molecular complexity index is 755. The molecule has 1 atom stereocenters. The molecule has 0 amide bonds. The number of nitrogens with zero attached hydrogens (tertiary/aromatic N) is 2. The molecule has 19 heavy (non-hydrogen) atoms. The number of aromatic nitrogens is 2. The highest BCUT2D eigenvalue weighted by molar-refractivity contribution is 7.14. The maximum atomic E-state index is 13.0. The van der Waals surface area contributed by atoms with E-state index in [9.17, 15) is 13.2 Å². The Morgan fingerprint density at radius 2 is 2.11 bits per heavy atom. The predicted molar refractivity (Wildman–Crippen MR) is 68.2 cm³/mol. The molecular weight excluding hydrogens is 275 g/mol. The molecule has 7 heteroatoms. The number of benzene rings is 1. The molecule has 0 saturated carbocycles. The Labute approximate surface area is 110 Å². The molecule has 0 unspecified atom stereocenters. The summed E-state index contributed by atoms with van der Waals surface area (Å²) in [5.41, 5.74) is 5.82. The second-order valence-electron chi connectivity index (χ2n) is 4.36. The van der Waals surface area contributed by atoms with E-state index in [-0.39, 0.29) is 10.7 Å². The summed E-state index contributed by atoms with van der Waals surface area (Å²) < 4.78 is 40.8. The molecule has 2 aromatic heterocycles. The van der Waals surface area contributed by atoms with Gasteiger partial charge in [-0.3, -0.25) is 0 Å². The van der Waals surface area contributed by atoms with Crippen LogP contribution < -0.4 is 5.73 Å². The van der Waals surface area contributed by atoms with Crippen LogP contribution in [0.3, 0.4) is 0 Å². The van der Waals surface area contributed by atoms with Gasteiger partial charge in [0.2, 0.25) is 0 Å². The van der Waals surface area contributed by atoms with Crippen molar-refractivity contribution in [1.29, 1.82) is 0 Å². The van der Waals surface area contributed by atoms with E-state index in [1.807, 2.05) is 0 Å². The molecule has 1 aromatic carbocycles. The fraction of sp³-hybridized carbons (Fsp3) is 0.250. The molecule has 3 aromatic rings. The molecule has 0 bridgehead atoms. The lowest BCUT2D eigenvalue weighted by Gasteiger charge is -2.06. The van der Waals surface area contributed by atoms with Gasteiger partial charge in [0.15, 0.2) is 0 Å². The van der Waals surface area contributed by atoms with Gasteiger partial charge in [0.25, 0.3) is 0 Å². The zero-order chi connectivity index (χ0) is 13.8. The van der Waals surface area contributed by atoms with Crippen molar-refractivity contribution in [1.82, 2.24) is 8.77 Å². The fourth-order valence-corrected chi connectivity index (χ4v) is 3.37. The van der Waals surface area contributed by atoms with Gasteiger partial charge in [0.1, 0.15) is 5.82 Å². The van der Waals surface area contributed by atoms with E-state index in [4.69, 9.17) is 5.73 Å². The second kappa shape index (κ2) is 3.94. The van der Waals surface area contributed by atoms with Crippen LogP contribution in [0.2, 0.25) is 0 Å². The summed E-state index contributed by atoms with van der Waals surface area (Å²) in [7, 11) is 0. The Balaban J connectivity index is 2.40. The van der Waals surface area contributed by atoms with Crippen molar-refractivity contribution in [3.8, 4) is 0 Å². The van der Waals surface area contributed by atoms with Crippen molar-refractivity contribution in [2.24, 2.45) is 5.73 Å². The van der Waals surface area contributed by atoms with Gasteiger partial charge in [-0.1, -0.05) is 23.7 Å². The van der Waals surface area contributed by atoms with Gasteiger partial charge in [-0.25, -0.2) is 8.77 Å². The lowest BCUT2D eigenvalue weighted by atomic mass is 10.1. The molecular formula is C12H10F3N3S. The molecule has 0 saturated heterocycles. The molecule has 100 valence electrons. The molecule has 3 rings (SSSR count). The number of hydrogen-bond acceptors (Lipinski definition) is 3. The average molecular weight is 285 g/mol. The molecule has 0 spiro atoms. The zero-order valence-corrected chi connectivity index (χ0v) is 10.7. The third-order valence-corrected chi connectivity index (χ3v) is 4.12. The molecule has 3 nitrogen and oxygen atoms in total. The van der Waals surface area contributed by atoms with Crippen LogP contribution >= 0.6 is 11.5 Å². The number of rotatable bonds is 1. The van der Waals surface area contributed by atoms with E-state index in [1.54, 1.807) is 23.0 Å². The van der Waals surface area contributed by atoms with E-state index >= 15 is 0 Å². The zero-order valence-electron chi connectivity index (χ0n) is 9.90. The van der Waals surface area contributed by atoms with E-state index in [0.29, 0.717) is 16.7 Å². The minimum absolute atomic E-state index is 0.217. The van der Waals surface area contributed by atoms with Gasteiger partial charge in [-0.05, 0) is 13.0 Å². The van der Waals surface area contributed by atoms with Crippen LogP contribution in [0.15, 0.2) is 24.4 Å². The van der Waals surface area contributed by atoms with E-state index in [2.05, 4.69) is 4.98 Å². The second-order valence-corrected chi connectivity index (χ2v) is 5.31. The van der Waals surface area contributed by atoms with Crippen LogP contribution in [-0.4, -0.2) is 8.77 Å². The quantitative estimate of drug-likeness (QED) is 0.742. The first kappa shape index (κ1) is 12.4. The highest BCUT2D eigenvalue weighted by Crippen LogP contribution is 2.39. The Kier molecular flexibility index (Phi) is 2.58. The van der Waals surface area contributed by atoms with Crippen molar-refractivity contribution in [3.63, 3.8) is 0 Å². The maximum absolute atomic E-state index is 13.0. The van der Waals surface area contributed by atoms with Crippen LogP contribution in [0, 0.1) is 0 Å². The number of halogens is 3. The third kappa shape index (κ3) is 1.81. The molecule has 2 N–H and O–H groups in total. The summed E-state index contributed by atoms with van der Waals surface area (Å²) in [6, 6.07) is 3.85. The smallest absolute Gasteiger partial charge is 0.322 e. The summed E-state index contributed by atoms with van der Waals surface area (Å²) in [4.78, 5) is 4.16. The normalized spacial score (nSPS) is 14.4. The molecule has 0 fully saturated rings. The van der Waals surface area contributed by atoms with E-state index in [1.165, 1.54) is 6.07 Å². The number of fused-ring (bicyclic) bond motifs is 3. The Hall–Kier alpha value is -1.60. The van der Waals surface area contributed by atoms with Gasteiger partial charge in [0, 0.05) is 5.39 Å². The van der Waals surface area contributed by atoms with Gasteiger partial charge >= 0.3 is 6.18 Å². The average Bonchev–Trinajstić information content (AvgIpc) is 2.84. The first-order valence-corrected chi connectivity index (χ1v) is 6.39. The molecule has 0 radical (unpaired) electrons. The van der Waals surface area contributed by atoms with Crippen molar-refractivity contribution in [2.75, 3.05) is 0 Å². The lowest BCUT2D eigenvalue weighted by Crippen LogP contribution is -2.08. The first-order valence-electron chi connectivity index (χ1n) is 5.61. The van der Waals surface area contributed by atoms with Gasteiger partial charge < -0.3 is 5.73 Å². The minimum atomic E-state index is -4.36. The van der Waals surface area contributed by atoms with Crippen LogP contribution in [0.25, 0.3) is 15.6 Å². The maximum Gasteiger partial charge on any atom is 0.417 e. The van der Waals surface area contributed by atoms with Crippen molar-refractivity contribution < 1.29 is 13.2 Å². The summed E-state index contributed by atoms with van der Waals surface area (Å²) >= 11 is 1.03. The van der Waals surface area contributed by atoms with Gasteiger partial charge in [-0.15, -0.1) is 0 Å². The molecule has 0 aliphatic rings. The van der Waals surface area contributed by atoms with Crippen molar-refractivity contribution >= 4 is 27.1 Å². The van der Waals surface area contributed by atoms with E-state index < -0.39 is 11.7 Å². The summed E-state index contributed by atoms with van der Waals surface area (Å²) in [5, 5.41) is 0.555. The monoisotopic (exact) mass is 285 g/mol.